The Hall–Kier alpha value is -3.79. The molecular weight excluding hydrogens is 415 g/mol. The van der Waals surface area contributed by atoms with Gasteiger partial charge in [0.2, 0.25) is 0 Å². The second kappa shape index (κ2) is 7.38. The lowest BCUT2D eigenvalue weighted by Crippen LogP contribution is -2.41. The molecule has 6 rings (SSSR count). The van der Waals surface area contributed by atoms with Gasteiger partial charge in [-0.2, -0.15) is 10.4 Å². The van der Waals surface area contributed by atoms with E-state index in [1.165, 1.54) is 17.3 Å². The Bertz CT molecular complexity index is 1400. The Kier molecular flexibility index (Phi) is 4.44. The number of nitrogens with zero attached hydrogens (tertiary/aromatic N) is 6. The number of piperidine rings is 1. The normalized spacial score (nSPS) is 16.8. The van der Waals surface area contributed by atoms with Gasteiger partial charge < -0.3 is 4.90 Å². The minimum Gasteiger partial charge on any atom is -0.355 e. The zero-order valence-electron chi connectivity index (χ0n) is 18.4. The predicted octanol–water partition coefficient (Wildman–Crippen LogP) is 4.50. The number of aryl methyl sites for hydroxylation is 1. The van der Waals surface area contributed by atoms with Crippen LogP contribution in [0.2, 0.25) is 0 Å². The van der Waals surface area contributed by atoms with E-state index in [9.17, 15) is 9.65 Å². The number of fused-ring (bicyclic) bond motifs is 2. The van der Waals surface area contributed by atoms with Gasteiger partial charge >= 0.3 is 0 Å². The molecule has 0 atom stereocenters. The lowest BCUT2D eigenvalue weighted by atomic mass is 9.76. The van der Waals surface area contributed by atoms with Crippen LogP contribution in [-0.2, 0) is 12.8 Å². The molecule has 4 heterocycles. The van der Waals surface area contributed by atoms with Crippen LogP contribution in [0.25, 0.3) is 16.8 Å². The van der Waals surface area contributed by atoms with E-state index in [1.54, 1.807) is 22.8 Å². The highest BCUT2D eigenvalue weighted by Crippen LogP contribution is 2.45. The molecule has 1 aliphatic carbocycles. The molecule has 164 valence electrons. The van der Waals surface area contributed by atoms with E-state index in [-0.39, 0.29) is 5.56 Å². The highest BCUT2D eigenvalue weighted by Gasteiger charge is 2.41. The lowest BCUT2D eigenvalue weighted by Gasteiger charge is -2.40. The number of rotatable bonds is 2. The van der Waals surface area contributed by atoms with Crippen molar-refractivity contribution in [2.24, 2.45) is 5.41 Å². The average Bonchev–Trinajstić information content (AvgIpc) is 3.44. The van der Waals surface area contributed by atoms with Crippen molar-refractivity contribution in [1.82, 2.24) is 19.6 Å². The summed E-state index contributed by atoms with van der Waals surface area (Å²) in [6.07, 6.45) is 7.98. The van der Waals surface area contributed by atoms with Crippen LogP contribution in [-0.4, -0.2) is 32.7 Å². The maximum Gasteiger partial charge on any atom is 0.155 e. The van der Waals surface area contributed by atoms with E-state index in [1.807, 2.05) is 31.3 Å². The molecule has 4 aromatic rings. The van der Waals surface area contributed by atoms with Crippen molar-refractivity contribution in [1.29, 1.82) is 5.26 Å². The molecule has 1 spiro atoms. The number of benzene rings is 1. The summed E-state index contributed by atoms with van der Waals surface area (Å²) in [6.45, 7) is 3.74. The van der Waals surface area contributed by atoms with Crippen LogP contribution in [0.1, 0.15) is 35.4 Å². The minimum atomic E-state index is -0.535. The largest absolute Gasteiger partial charge is 0.355 e. The van der Waals surface area contributed by atoms with Crippen LogP contribution >= 0.6 is 0 Å². The third-order valence-electron chi connectivity index (χ3n) is 7.30. The molecule has 0 radical (unpaired) electrons. The van der Waals surface area contributed by atoms with Crippen molar-refractivity contribution in [3.05, 3.63) is 77.1 Å². The monoisotopic (exact) mass is 438 g/mol. The van der Waals surface area contributed by atoms with Crippen molar-refractivity contribution in [3.8, 4) is 17.3 Å². The van der Waals surface area contributed by atoms with Gasteiger partial charge in [-0.05, 0) is 61.8 Å². The number of hydrogen-bond acceptors (Lipinski definition) is 5. The number of anilines is 1. The van der Waals surface area contributed by atoms with Crippen LogP contribution in [0.5, 0.6) is 0 Å². The van der Waals surface area contributed by atoms with Crippen LogP contribution in [0.15, 0.2) is 48.8 Å². The Morgan fingerprint density at radius 2 is 1.91 bits per heavy atom. The van der Waals surface area contributed by atoms with Crippen molar-refractivity contribution in [2.45, 2.75) is 32.6 Å². The fourth-order valence-electron chi connectivity index (χ4n) is 5.61. The molecule has 1 fully saturated rings. The predicted molar refractivity (Wildman–Crippen MR) is 123 cm³/mol. The smallest absolute Gasteiger partial charge is 0.155 e. The first-order chi connectivity index (χ1) is 16.1. The summed E-state index contributed by atoms with van der Waals surface area (Å²) in [7, 11) is 0. The van der Waals surface area contributed by atoms with Crippen molar-refractivity contribution >= 4 is 11.3 Å². The van der Waals surface area contributed by atoms with Gasteiger partial charge in [0, 0.05) is 30.5 Å². The Labute approximate surface area is 191 Å². The first-order valence-corrected chi connectivity index (χ1v) is 11.3. The molecule has 1 aromatic carbocycles. The summed E-state index contributed by atoms with van der Waals surface area (Å²) in [4.78, 5) is 11.9. The van der Waals surface area contributed by atoms with Gasteiger partial charge in [0.15, 0.2) is 5.82 Å². The van der Waals surface area contributed by atoms with Gasteiger partial charge in [-0.25, -0.2) is 13.9 Å². The van der Waals surface area contributed by atoms with Gasteiger partial charge in [-0.1, -0.05) is 18.2 Å². The second-order valence-corrected chi connectivity index (χ2v) is 9.22. The van der Waals surface area contributed by atoms with Crippen LogP contribution in [0, 0.1) is 29.5 Å². The van der Waals surface area contributed by atoms with Crippen LogP contribution < -0.4 is 4.90 Å². The molecule has 1 aliphatic heterocycles. The van der Waals surface area contributed by atoms with E-state index in [0.29, 0.717) is 16.7 Å². The highest BCUT2D eigenvalue weighted by atomic mass is 19.1. The third kappa shape index (κ3) is 3.09. The van der Waals surface area contributed by atoms with Crippen LogP contribution in [0.4, 0.5) is 10.2 Å². The quantitative estimate of drug-likeness (QED) is 0.461. The van der Waals surface area contributed by atoms with Crippen molar-refractivity contribution in [2.75, 3.05) is 18.0 Å². The number of halogens is 1. The number of pyridine rings is 1. The highest BCUT2D eigenvalue weighted by molar-refractivity contribution is 5.78. The van der Waals surface area contributed by atoms with Gasteiger partial charge in [-0.3, -0.25) is 4.98 Å². The van der Waals surface area contributed by atoms with E-state index >= 15 is 0 Å². The molecule has 1 saturated heterocycles. The molecule has 2 aliphatic rings. The van der Waals surface area contributed by atoms with Crippen LogP contribution in [0.3, 0.4) is 0 Å². The lowest BCUT2D eigenvalue weighted by molar-refractivity contribution is 0.231. The zero-order valence-corrected chi connectivity index (χ0v) is 18.4. The number of nitriles is 1. The minimum absolute atomic E-state index is 0.0151. The molecule has 3 aromatic heterocycles. The summed E-state index contributed by atoms with van der Waals surface area (Å²) in [5.74, 6) is 0.360. The molecule has 0 unspecified atom stereocenters. The number of hydrogen-bond donors (Lipinski definition) is 0. The van der Waals surface area contributed by atoms with E-state index in [0.717, 1.165) is 55.8 Å². The maximum absolute atomic E-state index is 14.3. The molecular formula is C26H23FN6. The summed E-state index contributed by atoms with van der Waals surface area (Å²) in [5.41, 5.74) is 5.72. The third-order valence-corrected chi connectivity index (χ3v) is 7.30. The molecule has 0 amide bonds. The van der Waals surface area contributed by atoms with E-state index in [4.69, 9.17) is 4.98 Å². The molecule has 6 nitrogen and oxygen atoms in total. The standard InChI is InChI=1S/C26H23FN6/c1-17-24(19-5-2-6-21(27)20(19)16-28)33-23(7-11-30-33)25(31-17)32-12-8-26(9-13-32)14-18-4-3-10-29-22(18)15-26/h2-7,10-11H,8-9,12-15H2,1H3. The Balaban J connectivity index is 1.35. The van der Waals surface area contributed by atoms with Gasteiger partial charge in [0.25, 0.3) is 0 Å². The maximum atomic E-state index is 14.3. The summed E-state index contributed by atoms with van der Waals surface area (Å²) in [5, 5.41) is 14.1. The molecule has 0 bridgehead atoms. The Morgan fingerprint density at radius 3 is 2.70 bits per heavy atom. The van der Waals surface area contributed by atoms with Gasteiger partial charge in [0.05, 0.1) is 23.1 Å². The van der Waals surface area contributed by atoms with Crippen molar-refractivity contribution < 1.29 is 4.39 Å². The molecule has 7 heteroatoms. The number of aromatic nitrogens is 4. The summed E-state index contributed by atoms with van der Waals surface area (Å²) >= 11 is 0. The van der Waals surface area contributed by atoms with Gasteiger partial charge in [0.1, 0.15) is 17.4 Å². The second-order valence-electron chi connectivity index (χ2n) is 9.22. The fourth-order valence-corrected chi connectivity index (χ4v) is 5.61. The fraction of sp³-hybridized carbons (Fsp3) is 0.308. The van der Waals surface area contributed by atoms with Gasteiger partial charge in [-0.15, -0.1) is 0 Å². The topological polar surface area (TPSA) is 70.1 Å². The van der Waals surface area contributed by atoms with E-state index in [2.05, 4.69) is 21.0 Å². The van der Waals surface area contributed by atoms with Crippen molar-refractivity contribution in [3.63, 3.8) is 0 Å². The average molecular weight is 439 g/mol. The first-order valence-electron chi connectivity index (χ1n) is 11.3. The van der Waals surface area contributed by atoms with E-state index < -0.39 is 5.82 Å². The molecule has 0 N–H and O–H groups in total. The SMILES string of the molecule is Cc1nc(N2CCC3(CC2)Cc2cccnc2C3)c2ccnn2c1-c1cccc(F)c1C#N. The Morgan fingerprint density at radius 1 is 1.06 bits per heavy atom. The molecule has 0 saturated carbocycles. The first kappa shape index (κ1) is 19.9. The summed E-state index contributed by atoms with van der Waals surface area (Å²) in [6, 6.07) is 12.9. The summed E-state index contributed by atoms with van der Waals surface area (Å²) < 4.78 is 16.1. The molecule has 33 heavy (non-hydrogen) atoms. The zero-order chi connectivity index (χ0) is 22.6.